The number of ether oxygens (including phenoxy) is 3. The van der Waals surface area contributed by atoms with Crippen LogP contribution in [-0.2, 0) is 24.4 Å². The maximum absolute atomic E-state index is 13.3. The van der Waals surface area contributed by atoms with Crippen LogP contribution in [0.1, 0.15) is 29.2 Å². The first-order valence-corrected chi connectivity index (χ1v) is 11.4. The zero-order valence-corrected chi connectivity index (χ0v) is 17.8. The van der Waals surface area contributed by atoms with Crippen molar-refractivity contribution in [1.82, 2.24) is 14.4 Å². The van der Waals surface area contributed by atoms with Gasteiger partial charge >= 0.3 is 0 Å². The zero-order valence-electron chi connectivity index (χ0n) is 17.8. The Morgan fingerprint density at radius 3 is 2.68 bits per heavy atom. The topological polar surface area (TPSA) is 56.2 Å². The van der Waals surface area contributed by atoms with Gasteiger partial charge in [-0.15, -0.1) is 0 Å². The van der Waals surface area contributed by atoms with Crippen LogP contribution in [0.4, 0.5) is 0 Å². The lowest BCUT2D eigenvalue weighted by Gasteiger charge is -2.43. The number of pyridine rings is 1. The van der Waals surface area contributed by atoms with Crippen LogP contribution < -0.4 is 15.0 Å². The van der Waals surface area contributed by atoms with E-state index < -0.39 is 0 Å². The van der Waals surface area contributed by atoms with Crippen molar-refractivity contribution in [3.63, 3.8) is 0 Å². The van der Waals surface area contributed by atoms with Crippen molar-refractivity contribution in [2.45, 2.75) is 32.0 Å². The molecule has 1 aromatic heterocycles. The SMILES string of the molecule is O=c1c(CN2CCOCC2)ccc2n1C[C@H]1C[C@@H]2CN(Cc2ccc3c(c2)OCO3)C1. The van der Waals surface area contributed by atoms with Crippen molar-refractivity contribution < 1.29 is 14.2 Å². The van der Waals surface area contributed by atoms with Gasteiger partial charge in [0.05, 0.1) is 13.2 Å². The molecule has 164 valence electrons. The summed E-state index contributed by atoms with van der Waals surface area (Å²) in [6.45, 7) is 8.13. The molecule has 7 nitrogen and oxygen atoms in total. The quantitative estimate of drug-likeness (QED) is 0.750. The first kappa shape index (κ1) is 19.3. The molecule has 0 radical (unpaired) electrons. The molecule has 2 aromatic rings. The molecule has 2 fully saturated rings. The highest BCUT2D eigenvalue weighted by atomic mass is 16.7. The van der Waals surface area contributed by atoms with Gasteiger partial charge in [0.2, 0.25) is 6.79 Å². The number of morpholine rings is 1. The lowest BCUT2D eigenvalue weighted by Crippen LogP contribution is -2.47. The normalized spacial score (nSPS) is 25.4. The molecule has 2 saturated heterocycles. The maximum Gasteiger partial charge on any atom is 0.255 e. The molecule has 6 rings (SSSR count). The fraction of sp³-hybridized carbons (Fsp3) is 0.542. The largest absolute Gasteiger partial charge is 0.454 e. The van der Waals surface area contributed by atoms with Crippen molar-refractivity contribution in [3.05, 3.63) is 57.5 Å². The summed E-state index contributed by atoms with van der Waals surface area (Å²) >= 11 is 0. The molecular formula is C24H29N3O4. The smallest absolute Gasteiger partial charge is 0.255 e. The average Bonchev–Trinajstić information content (AvgIpc) is 3.25. The summed E-state index contributed by atoms with van der Waals surface area (Å²) in [6.07, 6.45) is 1.18. The minimum atomic E-state index is 0.211. The fourth-order valence-corrected chi connectivity index (χ4v) is 5.64. The second-order valence-corrected chi connectivity index (χ2v) is 9.27. The third kappa shape index (κ3) is 3.75. The number of rotatable bonds is 4. The summed E-state index contributed by atoms with van der Waals surface area (Å²) < 4.78 is 18.5. The van der Waals surface area contributed by atoms with Crippen LogP contribution in [-0.4, -0.2) is 60.6 Å². The summed E-state index contributed by atoms with van der Waals surface area (Å²) in [5.41, 5.74) is 3.59. The van der Waals surface area contributed by atoms with Crippen LogP contribution in [0, 0.1) is 5.92 Å². The second kappa shape index (κ2) is 7.97. The monoisotopic (exact) mass is 423 g/mol. The molecule has 0 amide bonds. The van der Waals surface area contributed by atoms with Crippen molar-refractivity contribution in [1.29, 1.82) is 0 Å². The van der Waals surface area contributed by atoms with E-state index in [1.165, 1.54) is 17.7 Å². The van der Waals surface area contributed by atoms with Gasteiger partial charge in [-0.25, -0.2) is 0 Å². The van der Waals surface area contributed by atoms with Gasteiger partial charge in [-0.2, -0.15) is 0 Å². The van der Waals surface area contributed by atoms with E-state index in [0.29, 0.717) is 18.6 Å². The highest BCUT2D eigenvalue weighted by molar-refractivity contribution is 5.44. The lowest BCUT2D eigenvalue weighted by atomic mass is 9.82. The zero-order chi connectivity index (χ0) is 20.8. The molecule has 2 atom stereocenters. The van der Waals surface area contributed by atoms with Crippen LogP contribution in [0.2, 0.25) is 0 Å². The first-order valence-electron chi connectivity index (χ1n) is 11.4. The van der Waals surface area contributed by atoms with E-state index in [-0.39, 0.29) is 5.56 Å². The number of nitrogens with zero attached hydrogens (tertiary/aromatic N) is 3. The second-order valence-electron chi connectivity index (χ2n) is 9.27. The molecule has 5 heterocycles. The Morgan fingerprint density at radius 1 is 0.903 bits per heavy atom. The molecule has 4 aliphatic rings. The Bertz CT molecular complexity index is 1030. The molecule has 2 bridgehead atoms. The summed E-state index contributed by atoms with van der Waals surface area (Å²) in [5, 5.41) is 0. The molecule has 0 spiro atoms. The number of likely N-dealkylation sites (tertiary alicyclic amines) is 1. The predicted octanol–water partition coefficient (Wildman–Crippen LogP) is 2.03. The Hall–Kier alpha value is -2.35. The highest BCUT2D eigenvalue weighted by Gasteiger charge is 2.35. The van der Waals surface area contributed by atoms with E-state index in [1.54, 1.807) is 0 Å². The van der Waals surface area contributed by atoms with Gasteiger partial charge in [0.25, 0.3) is 5.56 Å². The minimum Gasteiger partial charge on any atom is -0.454 e. The van der Waals surface area contributed by atoms with E-state index >= 15 is 0 Å². The van der Waals surface area contributed by atoms with Crippen LogP contribution in [0.25, 0.3) is 0 Å². The number of fused-ring (bicyclic) bond motifs is 5. The molecule has 0 N–H and O–H groups in total. The molecular weight excluding hydrogens is 394 g/mol. The molecule has 31 heavy (non-hydrogen) atoms. The number of aromatic nitrogens is 1. The van der Waals surface area contributed by atoms with Gasteiger partial charge in [0.1, 0.15) is 0 Å². The molecule has 4 aliphatic heterocycles. The van der Waals surface area contributed by atoms with Crippen LogP contribution in [0.3, 0.4) is 0 Å². The summed E-state index contributed by atoms with van der Waals surface area (Å²) in [7, 11) is 0. The Balaban J connectivity index is 1.19. The van der Waals surface area contributed by atoms with E-state index in [2.05, 4.69) is 38.6 Å². The summed E-state index contributed by atoms with van der Waals surface area (Å²) in [5.74, 6) is 2.63. The Kier molecular flexibility index (Phi) is 4.97. The third-order valence-electron chi connectivity index (χ3n) is 7.10. The van der Waals surface area contributed by atoms with Gasteiger partial charge < -0.3 is 18.8 Å². The fourth-order valence-electron chi connectivity index (χ4n) is 5.64. The van der Waals surface area contributed by atoms with Crippen LogP contribution in [0.5, 0.6) is 11.5 Å². The van der Waals surface area contributed by atoms with Crippen LogP contribution >= 0.6 is 0 Å². The van der Waals surface area contributed by atoms with Crippen molar-refractivity contribution in [2.75, 3.05) is 46.2 Å². The van der Waals surface area contributed by atoms with E-state index in [0.717, 1.165) is 76.1 Å². The Morgan fingerprint density at radius 2 is 1.77 bits per heavy atom. The van der Waals surface area contributed by atoms with Gasteiger partial charge in [-0.1, -0.05) is 12.1 Å². The first-order chi connectivity index (χ1) is 15.2. The van der Waals surface area contributed by atoms with Crippen molar-refractivity contribution in [2.24, 2.45) is 5.92 Å². The number of benzene rings is 1. The number of piperidine rings is 1. The Labute approximate surface area is 182 Å². The van der Waals surface area contributed by atoms with E-state index in [4.69, 9.17) is 14.2 Å². The van der Waals surface area contributed by atoms with Gasteiger partial charge in [-0.05, 0) is 36.1 Å². The molecule has 0 aliphatic carbocycles. The minimum absolute atomic E-state index is 0.211. The third-order valence-corrected chi connectivity index (χ3v) is 7.10. The highest BCUT2D eigenvalue weighted by Crippen LogP contribution is 2.37. The number of hydrogen-bond acceptors (Lipinski definition) is 6. The lowest BCUT2D eigenvalue weighted by molar-refractivity contribution is 0.0338. The number of hydrogen-bond donors (Lipinski definition) is 0. The molecule has 0 saturated carbocycles. The van der Waals surface area contributed by atoms with E-state index in [1.807, 2.05) is 6.07 Å². The predicted molar refractivity (Wildman–Crippen MR) is 115 cm³/mol. The molecule has 1 aromatic carbocycles. The van der Waals surface area contributed by atoms with Gasteiger partial charge in [-0.3, -0.25) is 14.6 Å². The average molecular weight is 424 g/mol. The standard InChI is InChI=1S/C24H29N3O4/c28-24-19(14-25-5-7-29-8-6-25)2-3-21-20-9-18(13-27(21)24)12-26(15-20)11-17-1-4-22-23(10-17)31-16-30-22/h1-4,10,18,20H,5-9,11-16H2/t18-,20+/m0/s1. The van der Waals surface area contributed by atoms with E-state index in [9.17, 15) is 4.79 Å². The van der Waals surface area contributed by atoms with Gasteiger partial charge in [0, 0.05) is 63.0 Å². The summed E-state index contributed by atoms with van der Waals surface area (Å²) in [6, 6.07) is 10.5. The van der Waals surface area contributed by atoms with Crippen LogP contribution in [0.15, 0.2) is 35.1 Å². The summed E-state index contributed by atoms with van der Waals surface area (Å²) in [4.78, 5) is 18.1. The molecule has 7 heteroatoms. The molecule has 0 unspecified atom stereocenters. The van der Waals surface area contributed by atoms with Crippen molar-refractivity contribution >= 4 is 0 Å². The maximum atomic E-state index is 13.3. The van der Waals surface area contributed by atoms with Crippen molar-refractivity contribution in [3.8, 4) is 11.5 Å². The van der Waals surface area contributed by atoms with Gasteiger partial charge in [0.15, 0.2) is 11.5 Å².